The van der Waals surface area contributed by atoms with E-state index in [2.05, 4.69) is 65.9 Å². The molecular formula is C17H29N. The van der Waals surface area contributed by atoms with Crippen molar-refractivity contribution in [3.8, 4) is 0 Å². The molecule has 0 unspecified atom stereocenters. The Hall–Kier alpha value is -0.820. The fraction of sp³-hybridized carbons (Fsp3) is 0.647. The van der Waals surface area contributed by atoms with Gasteiger partial charge in [0.05, 0.1) is 0 Å². The molecular weight excluding hydrogens is 218 g/mol. The molecule has 0 saturated carbocycles. The lowest BCUT2D eigenvalue weighted by atomic mass is 9.81. The van der Waals surface area contributed by atoms with Crippen molar-refractivity contribution in [2.75, 3.05) is 6.54 Å². The van der Waals surface area contributed by atoms with Gasteiger partial charge in [0, 0.05) is 13.1 Å². The van der Waals surface area contributed by atoms with Gasteiger partial charge in [0.25, 0.3) is 0 Å². The second-order valence-electron chi connectivity index (χ2n) is 6.62. The molecule has 0 heterocycles. The third-order valence-electron chi connectivity index (χ3n) is 4.29. The van der Waals surface area contributed by atoms with Gasteiger partial charge in [-0.2, -0.15) is 0 Å². The number of aryl methyl sites for hydroxylation is 3. The molecule has 18 heavy (non-hydrogen) atoms. The van der Waals surface area contributed by atoms with E-state index >= 15 is 0 Å². The number of benzene rings is 1. The highest BCUT2D eigenvalue weighted by Crippen LogP contribution is 2.25. The zero-order valence-electron chi connectivity index (χ0n) is 13.1. The van der Waals surface area contributed by atoms with Gasteiger partial charge in [-0.1, -0.05) is 45.4 Å². The van der Waals surface area contributed by atoms with Crippen LogP contribution in [0.25, 0.3) is 0 Å². The summed E-state index contributed by atoms with van der Waals surface area (Å²) in [5, 5.41) is 3.62. The molecule has 0 radical (unpaired) electrons. The summed E-state index contributed by atoms with van der Waals surface area (Å²) in [7, 11) is 0. The predicted octanol–water partition coefficient (Wildman–Crippen LogP) is 4.38. The van der Waals surface area contributed by atoms with Gasteiger partial charge in [0.2, 0.25) is 0 Å². The topological polar surface area (TPSA) is 12.0 Å². The minimum absolute atomic E-state index is 0.354. The van der Waals surface area contributed by atoms with Crippen LogP contribution in [-0.2, 0) is 6.54 Å². The first-order chi connectivity index (χ1) is 8.24. The van der Waals surface area contributed by atoms with Crippen LogP contribution in [0.1, 0.15) is 49.9 Å². The summed E-state index contributed by atoms with van der Waals surface area (Å²) in [6, 6.07) is 4.55. The van der Waals surface area contributed by atoms with Gasteiger partial charge in [0.1, 0.15) is 0 Å². The largest absolute Gasteiger partial charge is 0.312 e. The lowest BCUT2D eigenvalue weighted by molar-refractivity contribution is 0.238. The number of nitrogens with one attached hydrogen (secondary N) is 1. The van der Waals surface area contributed by atoms with Crippen LogP contribution < -0.4 is 5.32 Å². The Balaban J connectivity index is 2.65. The van der Waals surface area contributed by atoms with E-state index in [1.165, 1.54) is 22.3 Å². The summed E-state index contributed by atoms with van der Waals surface area (Å²) in [5.41, 5.74) is 5.98. The second kappa shape index (κ2) is 5.88. The van der Waals surface area contributed by atoms with E-state index in [-0.39, 0.29) is 0 Å². The molecule has 102 valence electrons. The Bertz CT molecular complexity index is 379. The van der Waals surface area contributed by atoms with Crippen LogP contribution in [0.5, 0.6) is 0 Å². The lowest BCUT2D eigenvalue weighted by Crippen LogP contribution is -2.33. The summed E-state index contributed by atoms with van der Waals surface area (Å²) >= 11 is 0. The van der Waals surface area contributed by atoms with Crippen LogP contribution in [0.3, 0.4) is 0 Å². The molecule has 0 aliphatic carbocycles. The Kier molecular flexibility index (Phi) is 4.98. The van der Waals surface area contributed by atoms with Crippen LogP contribution in [0.4, 0.5) is 0 Å². The molecule has 1 N–H and O–H groups in total. The van der Waals surface area contributed by atoms with Crippen molar-refractivity contribution in [3.63, 3.8) is 0 Å². The van der Waals surface area contributed by atoms with Crippen LogP contribution in [0.2, 0.25) is 0 Å². The average molecular weight is 247 g/mol. The molecule has 0 atom stereocenters. The van der Waals surface area contributed by atoms with Crippen LogP contribution >= 0.6 is 0 Å². The van der Waals surface area contributed by atoms with Gasteiger partial charge >= 0.3 is 0 Å². The monoisotopic (exact) mass is 247 g/mol. The molecule has 1 heteroatoms. The summed E-state index contributed by atoms with van der Waals surface area (Å²) in [6.07, 6.45) is 0. The molecule has 0 aromatic heterocycles. The standard InChI is InChI=1S/C17H29N/c1-12(2)17(6,7)11-18-10-16-14(4)8-13(3)9-15(16)5/h8-9,12,18H,10-11H2,1-7H3. The average Bonchev–Trinajstić information content (AvgIpc) is 2.21. The summed E-state index contributed by atoms with van der Waals surface area (Å²) in [6.45, 7) is 17.9. The minimum Gasteiger partial charge on any atom is -0.312 e. The normalized spacial score (nSPS) is 12.2. The van der Waals surface area contributed by atoms with Crippen molar-refractivity contribution in [2.24, 2.45) is 11.3 Å². The molecule has 0 aliphatic heterocycles. The molecule has 0 fully saturated rings. The zero-order valence-corrected chi connectivity index (χ0v) is 13.1. The molecule has 0 saturated heterocycles. The highest BCUT2D eigenvalue weighted by Gasteiger charge is 2.21. The van der Waals surface area contributed by atoms with E-state index in [1.54, 1.807) is 0 Å². The van der Waals surface area contributed by atoms with Gasteiger partial charge in [-0.05, 0) is 48.8 Å². The van der Waals surface area contributed by atoms with Crippen molar-refractivity contribution in [3.05, 3.63) is 34.4 Å². The fourth-order valence-corrected chi connectivity index (χ4v) is 2.20. The molecule has 1 aromatic carbocycles. The highest BCUT2D eigenvalue weighted by molar-refractivity contribution is 5.37. The molecule has 0 amide bonds. The van der Waals surface area contributed by atoms with Crippen LogP contribution in [-0.4, -0.2) is 6.54 Å². The summed E-state index contributed by atoms with van der Waals surface area (Å²) in [5.74, 6) is 0.699. The first-order valence-electron chi connectivity index (χ1n) is 7.01. The molecule has 1 aromatic rings. The maximum atomic E-state index is 3.62. The number of hydrogen-bond donors (Lipinski definition) is 1. The van der Waals surface area contributed by atoms with Crippen molar-refractivity contribution >= 4 is 0 Å². The third-order valence-corrected chi connectivity index (χ3v) is 4.29. The molecule has 1 nitrogen and oxygen atoms in total. The van der Waals surface area contributed by atoms with E-state index in [0.29, 0.717) is 11.3 Å². The Morgan fingerprint density at radius 1 is 1.06 bits per heavy atom. The van der Waals surface area contributed by atoms with Crippen molar-refractivity contribution in [2.45, 2.75) is 55.0 Å². The third kappa shape index (κ3) is 3.84. The Labute approximate surface area is 113 Å². The van der Waals surface area contributed by atoms with Gasteiger partial charge in [-0.25, -0.2) is 0 Å². The molecule has 0 aliphatic rings. The summed E-state index contributed by atoms with van der Waals surface area (Å²) in [4.78, 5) is 0. The maximum Gasteiger partial charge on any atom is 0.0210 e. The van der Waals surface area contributed by atoms with Gasteiger partial charge in [-0.15, -0.1) is 0 Å². The van der Waals surface area contributed by atoms with E-state index in [9.17, 15) is 0 Å². The Morgan fingerprint density at radius 3 is 2.00 bits per heavy atom. The van der Waals surface area contributed by atoms with E-state index < -0.39 is 0 Å². The fourth-order valence-electron chi connectivity index (χ4n) is 2.20. The van der Waals surface area contributed by atoms with E-state index in [4.69, 9.17) is 0 Å². The van der Waals surface area contributed by atoms with E-state index in [0.717, 1.165) is 13.1 Å². The first-order valence-corrected chi connectivity index (χ1v) is 7.01. The highest BCUT2D eigenvalue weighted by atomic mass is 14.9. The molecule has 0 bridgehead atoms. The van der Waals surface area contributed by atoms with Crippen LogP contribution in [0.15, 0.2) is 12.1 Å². The summed E-state index contributed by atoms with van der Waals surface area (Å²) < 4.78 is 0. The number of hydrogen-bond acceptors (Lipinski definition) is 1. The van der Waals surface area contributed by atoms with Crippen LogP contribution in [0, 0.1) is 32.1 Å². The smallest absolute Gasteiger partial charge is 0.0210 e. The first kappa shape index (κ1) is 15.2. The maximum absolute atomic E-state index is 3.62. The quantitative estimate of drug-likeness (QED) is 0.814. The van der Waals surface area contributed by atoms with Crippen molar-refractivity contribution in [1.82, 2.24) is 5.32 Å². The van der Waals surface area contributed by atoms with E-state index in [1.807, 2.05) is 0 Å². The predicted molar refractivity (Wildman–Crippen MR) is 81.0 cm³/mol. The van der Waals surface area contributed by atoms with Gasteiger partial charge in [0.15, 0.2) is 0 Å². The Morgan fingerprint density at radius 2 is 1.56 bits per heavy atom. The number of rotatable bonds is 5. The van der Waals surface area contributed by atoms with Gasteiger partial charge < -0.3 is 5.32 Å². The lowest BCUT2D eigenvalue weighted by Gasteiger charge is -2.29. The zero-order chi connectivity index (χ0) is 13.9. The van der Waals surface area contributed by atoms with Gasteiger partial charge in [-0.3, -0.25) is 0 Å². The van der Waals surface area contributed by atoms with Crippen molar-refractivity contribution < 1.29 is 0 Å². The molecule has 1 rings (SSSR count). The van der Waals surface area contributed by atoms with Crippen molar-refractivity contribution in [1.29, 1.82) is 0 Å². The minimum atomic E-state index is 0.354. The molecule has 0 spiro atoms. The second-order valence-corrected chi connectivity index (χ2v) is 6.62. The SMILES string of the molecule is Cc1cc(C)c(CNCC(C)(C)C(C)C)c(C)c1.